The molecule has 2 N–H and O–H groups in total. The Kier molecular flexibility index (Phi) is 6.04. The highest BCUT2D eigenvalue weighted by Crippen LogP contribution is 2.30. The number of carboxylic acids is 1. The van der Waals surface area contributed by atoms with Crippen LogP contribution in [0.25, 0.3) is 5.69 Å². The Labute approximate surface area is 153 Å². The fraction of sp³-hybridized carbons (Fsp3) is 0.278. The predicted molar refractivity (Wildman–Crippen MR) is 91.6 cm³/mol. The molecule has 2 aromatic rings. The lowest BCUT2D eigenvalue weighted by Crippen LogP contribution is -2.40. The molecule has 2 rings (SSSR count). The van der Waals surface area contributed by atoms with Crippen molar-refractivity contribution in [3.8, 4) is 5.69 Å². The summed E-state index contributed by atoms with van der Waals surface area (Å²) in [6, 6.07) is 3.42. The molecule has 0 saturated heterocycles. The van der Waals surface area contributed by atoms with E-state index < -0.39 is 29.7 Å². The lowest BCUT2D eigenvalue weighted by atomic mass is 10.1. The molecule has 1 heterocycles. The minimum absolute atomic E-state index is 0.0825. The molecule has 0 aliphatic carbocycles. The molecule has 1 amide bonds. The number of hydrogen-bond acceptors (Lipinski definition) is 3. The van der Waals surface area contributed by atoms with E-state index in [1.807, 2.05) is 0 Å². The van der Waals surface area contributed by atoms with E-state index in [0.717, 1.165) is 12.1 Å². The van der Waals surface area contributed by atoms with Crippen molar-refractivity contribution < 1.29 is 27.9 Å². The van der Waals surface area contributed by atoms with Crippen LogP contribution in [0.4, 0.5) is 13.2 Å². The zero-order valence-electron chi connectivity index (χ0n) is 14.6. The van der Waals surface area contributed by atoms with Crippen molar-refractivity contribution in [3.05, 3.63) is 59.4 Å². The van der Waals surface area contributed by atoms with E-state index in [1.165, 1.54) is 29.9 Å². The Hall–Kier alpha value is -3.10. The number of nitrogens with one attached hydrogen (secondary N) is 1. The summed E-state index contributed by atoms with van der Waals surface area (Å²) in [6.45, 7) is 3.24. The van der Waals surface area contributed by atoms with E-state index in [9.17, 15) is 27.9 Å². The maximum Gasteiger partial charge on any atom is 0.416 e. The van der Waals surface area contributed by atoms with Gasteiger partial charge in [-0.05, 0) is 38.5 Å². The number of hydrogen-bond donors (Lipinski definition) is 2. The van der Waals surface area contributed by atoms with Crippen LogP contribution < -0.4 is 5.32 Å². The molecule has 0 aliphatic heterocycles. The van der Waals surface area contributed by atoms with E-state index in [-0.39, 0.29) is 17.7 Å². The number of halogens is 3. The Bertz CT molecular complexity index is 872. The van der Waals surface area contributed by atoms with Crippen LogP contribution in [0, 0.1) is 6.92 Å². The summed E-state index contributed by atoms with van der Waals surface area (Å²) in [5, 5.41) is 15.5. The van der Waals surface area contributed by atoms with E-state index >= 15 is 0 Å². The fourth-order valence-electron chi connectivity index (χ4n) is 2.44. The average Bonchev–Trinajstić information content (AvgIpc) is 2.99. The summed E-state index contributed by atoms with van der Waals surface area (Å²) in [6.07, 6.45) is 0.0770. The second kappa shape index (κ2) is 8.07. The summed E-state index contributed by atoms with van der Waals surface area (Å²) < 4.78 is 39.9. The number of aliphatic carboxylic acids is 1. The van der Waals surface area contributed by atoms with Gasteiger partial charge in [-0.15, -0.1) is 0 Å². The van der Waals surface area contributed by atoms with Gasteiger partial charge >= 0.3 is 12.1 Å². The minimum Gasteiger partial charge on any atom is -0.480 e. The van der Waals surface area contributed by atoms with E-state index in [1.54, 1.807) is 19.1 Å². The summed E-state index contributed by atoms with van der Waals surface area (Å²) >= 11 is 0. The normalized spacial score (nSPS) is 12.9. The highest BCUT2D eigenvalue weighted by atomic mass is 19.4. The zero-order valence-corrected chi connectivity index (χ0v) is 14.6. The molecule has 1 aromatic carbocycles. The molecule has 1 atom stereocenters. The maximum atomic E-state index is 12.9. The molecule has 0 saturated carbocycles. The van der Waals surface area contributed by atoms with Gasteiger partial charge in [-0.25, -0.2) is 9.48 Å². The van der Waals surface area contributed by atoms with Gasteiger partial charge in [0.05, 0.1) is 28.7 Å². The number of benzene rings is 1. The van der Waals surface area contributed by atoms with Crippen LogP contribution in [0.5, 0.6) is 0 Å². The van der Waals surface area contributed by atoms with Crippen LogP contribution in [0.15, 0.2) is 42.6 Å². The number of carbonyl (C=O) groups excluding carboxylic acids is 1. The summed E-state index contributed by atoms with van der Waals surface area (Å²) in [5.74, 6) is -1.85. The third-order valence-corrected chi connectivity index (χ3v) is 3.88. The van der Waals surface area contributed by atoms with Gasteiger partial charge in [0, 0.05) is 0 Å². The molecular formula is C18H18F3N3O3. The zero-order chi connectivity index (χ0) is 20.2. The van der Waals surface area contributed by atoms with Crippen molar-refractivity contribution in [3.63, 3.8) is 0 Å². The van der Waals surface area contributed by atoms with E-state index in [0.29, 0.717) is 5.69 Å². The van der Waals surface area contributed by atoms with Crippen molar-refractivity contribution in [2.75, 3.05) is 0 Å². The maximum absolute atomic E-state index is 12.9. The summed E-state index contributed by atoms with van der Waals surface area (Å²) in [5.41, 5.74) is -0.315. The number of alkyl halides is 3. The molecule has 144 valence electrons. The van der Waals surface area contributed by atoms with Crippen molar-refractivity contribution >= 4 is 11.9 Å². The second-order valence-electron chi connectivity index (χ2n) is 5.77. The quantitative estimate of drug-likeness (QED) is 0.752. The van der Waals surface area contributed by atoms with Crippen LogP contribution in [-0.2, 0) is 11.0 Å². The first-order valence-electron chi connectivity index (χ1n) is 8.02. The third kappa shape index (κ3) is 4.75. The van der Waals surface area contributed by atoms with Crippen LogP contribution in [0.1, 0.15) is 35.0 Å². The van der Waals surface area contributed by atoms with Gasteiger partial charge in [0.2, 0.25) is 0 Å². The number of allylic oxidation sites excluding steroid dienone is 1. The molecule has 0 bridgehead atoms. The van der Waals surface area contributed by atoms with Gasteiger partial charge in [-0.3, -0.25) is 4.79 Å². The van der Waals surface area contributed by atoms with Gasteiger partial charge in [-0.1, -0.05) is 18.2 Å². The highest BCUT2D eigenvalue weighted by molar-refractivity contribution is 5.97. The van der Waals surface area contributed by atoms with Crippen molar-refractivity contribution in [2.45, 2.75) is 32.5 Å². The van der Waals surface area contributed by atoms with Gasteiger partial charge in [0.1, 0.15) is 6.04 Å². The predicted octanol–water partition coefficient (Wildman–Crippen LogP) is 3.35. The number of carbonyl (C=O) groups is 2. The molecule has 1 unspecified atom stereocenters. The first kappa shape index (κ1) is 20.2. The molecule has 0 spiro atoms. The molecule has 0 aliphatic rings. The fourth-order valence-corrected chi connectivity index (χ4v) is 2.44. The summed E-state index contributed by atoms with van der Waals surface area (Å²) in [7, 11) is 0. The molecule has 6 nitrogen and oxygen atoms in total. The SMILES string of the molecule is C/C=C/CC(NC(=O)c1cnn(-c2cccc(C(F)(F)F)c2)c1C)C(=O)O. The van der Waals surface area contributed by atoms with Crippen molar-refractivity contribution in [1.82, 2.24) is 15.1 Å². The van der Waals surface area contributed by atoms with Crippen LogP contribution >= 0.6 is 0 Å². The smallest absolute Gasteiger partial charge is 0.416 e. The largest absolute Gasteiger partial charge is 0.480 e. The number of rotatable bonds is 6. The number of nitrogens with zero attached hydrogens (tertiary/aromatic N) is 2. The van der Waals surface area contributed by atoms with E-state index in [2.05, 4.69) is 10.4 Å². The lowest BCUT2D eigenvalue weighted by molar-refractivity contribution is -0.139. The van der Waals surface area contributed by atoms with Crippen LogP contribution in [0.2, 0.25) is 0 Å². The Morgan fingerprint density at radius 3 is 2.67 bits per heavy atom. The average molecular weight is 381 g/mol. The van der Waals surface area contributed by atoms with E-state index in [4.69, 9.17) is 0 Å². The van der Waals surface area contributed by atoms with Crippen molar-refractivity contribution in [1.29, 1.82) is 0 Å². The number of amides is 1. The molecule has 1 aromatic heterocycles. The Morgan fingerprint density at radius 1 is 1.37 bits per heavy atom. The first-order valence-corrected chi connectivity index (χ1v) is 8.02. The lowest BCUT2D eigenvalue weighted by Gasteiger charge is -2.13. The number of carboxylic acid groups (broad SMARTS) is 1. The summed E-state index contributed by atoms with van der Waals surface area (Å²) in [4.78, 5) is 23.6. The van der Waals surface area contributed by atoms with Crippen LogP contribution in [-0.4, -0.2) is 32.8 Å². The Morgan fingerprint density at radius 2 is 2.07 bits per heavy atom. The van der Waals surface area contributed by atoms with Crippen molar-refractivity contribution in [2.24, 2.45) is 0 Å². The first-order chi connectivity index (χ1) is 12.6. The van der Waals surface area contributed by atoms with Gasteiger partial charge < -0.3 is 10.4 Å². The molecule has 0 fully saturated rings. The van der Waals surface area contributed by atoms with Gasteiger partial charge in [-0.2, -0.15) is 18.3 Å². The monoisotopic (exact) mass is 381 g/mol. The van der Waals surface area contributed by atoms with Crippen LogP contribution in [0.3, 0.4) is 0 Å². The molecule has 27 heavy (non-hydrogen) atoms. The topological polar surface area (TPSA) is 84.2 Å². The molecule has 9 heteroatoms. The molecular weight excluding hydrogens is 363 g/mol. The third-order valence-electron chi connectivity index (χ3n) is 3.88. The van der Waals surface area contributed by atoms with Gasteiger partial charge in [0.15, 0.2) is 0 Å². The molecule has 0 radical (unpaired) electrons. The second-order valence-corrected chi connectivity index (χ2v) is 5.77. The minimum atomic E-state index is -4.50. The standard InChI is InChI=1S/C18H18F3N3O3/c1-3-4-8-15(17(26)27)23-16(25)14-10-22-24(11(14)2)13-7-5-6-12(9-13)18(19,20)21/h3-7,9-10,15H,8H2,1-2H3,(H,23,25)(H,26,27)/b4-3+. The Balaban J connectivity index is 2.29. The van der Waals surface area contributed by atoms with Gasteiger partial charge in [0.25, 0.3) is 5.91 Å². The number of aromatic nitrogens is 2. The highest BCUT2D eigenvalue weighted by Gasteiger charge is 2.31.